The van der Waals surface area contributed by atoms with Gasteiger partial charge in [0.1, 0.15) is 5.82 Å². The van der Waals surface area contributed by atoms with E-state index in [0.717, 1.165) is 4.31 Å². The standard InChI is InChI=1S/C19H23FN2O4S/c1-3-26-13-5-12-21-19(23)15-6-4-7-18(14-15)27(24,25)22(2)17-10-8-16(20)9-11-17/h4,6-11,14H,3,5,12-13H2,1-2H3,(H,21,23). The Balaban J connectivity index is 2.12. The molecule has 0 heterocycles. The van der Waals surface area contributed by atoms with Crippen LogP contribution in [0.25, 0.3) is 0 Å². The van der Waals surface area contributed by atoms with Crippen molar-refractivity contribution in [3.8, 4) is 0 Å². The molecule has 27 heavy (non-hydrogen) atoms. The molecule has 0 aliphatic heterocycles. The maximum absolute atomic E-state index is 13.1. The third-order valence-corrected chi connectivity index (χ3v) is 5.68. The Labute approximate surface area is 159 Å². The Morgan fingerprint density at radius 3 is 2.56 bits per heavy atom. The summed E-state index contributed by atoms with van der Waals surface area (Å²) in [6.07, 6.45) is 0.672. The van der Waals surface area contributed by atoms with Crippen molar-refractivity contribution < 1.29 is 22.3 Å². The van der Waals surface area contributed by atoms with E-state index in [1.165, 1.54) is 49.5 Å². The summed E-state index contributed by atoms with van der Waals surface area (Å²) in [6, 6.07) is 10.9. The monoisotopic (exact) mass is 394 g/mol. The Bertz CT molecular complexity index is 870. The zero-order valence-electron chi connectivity index (χ0n) is 15.3. The Hall–Kier alpha value is -2.45. The molecule has 0 unspecified atom stereocenters. The van der Waals surface area contributed by atoms with Crippen LogP contribution in [-0.4, -0.2) is 41.1 Å². The Morgan fingerprint density at radius 2 is 1.89 bits per heavy atom. The topological polar surface area (TPSA) is 75.7 Å². The molecule has 2 rings (SSSR count). The van der Waals surface area contributed by atoms with Gasteiger partial charge in [-0.25, -0.2) is 12.8 Å². The molecule has 2 aromatic carbocycles. The molecular formula is C19H23FN2O4S. The molecule has 6 nitrogen and oxygen atoms in total. The zero-order valence-corrected chi connectivity index (χ0v) is 16.1. The smallest absolute Gasteiger partial charge is 0.264 e. The van der Waals surface area contributed by atoms with Crippen molar-refractivity contribution in [3.05, 3.63) is 59.9 Å². The lowest BCUT2D eigenvalue weighted by atomic mass is 10.2. The van der Waals surface area contributed by atoms with Crippen LogP contribution in [0.2, 0.25) is 0 Å². The molecule has 0 radical (unpaired) electrons. The maximum atomic E-state index is 13.1. The summed E-state index contributed by atoms with van der Waals surface area (Å²) in [5, 5.41) is 2.73. The minimum absolute atomic E-state index is 0.0173. The van der Waals surface area contributed by atoms with E-state index >= 15 is 0 Å². The number of benzene rings is 2. The van der Waals surface area contributed by atoms with Crippen LogP contribution in [0.4, 0.5) is 10.1 Å². The van der Waals surface area contributed by atoms with Gasteiger partial charge >= 0.3 is 0 Å². The molecule has 0 saturated carbocycles. The fourth-order valence-corrected chi connectivity index (χ4v) is 3.61. The highest BCUT2D eigenvalue weighted by molar-refractivity contribution is 7.92. The summed E-state index contributed by atoms with van der Waals surface area (Å²) in [4.78, 5) is 12.2. The Kier molecular flexibility index (Phi) is 7.32. The summed E-state index contributed by atoms with van der Waals surface area (Å²) in [5.74, 6) is -0.805. The first kappa shape index (κ1) is 20.9. The first-order valence-electron chi connectivity index (χ1n) is 8.56. The number of sulfonamides is 1. The van der Waals surface area contributed by atoms with Crippen molar-refractivity contribution in [2.45, 2.75) is 18.2 Å². The highest BCUT2D eigenvalue weighted by Gasteiger charge is 2.22. The number of amides is 1. The molecule has 1 N–H and O–H groups in total. The molecule has 146 valence electrons. The second kappa shape index (κ2) is 9.48. The van der Waals surface area contributed by atoms with E-state index < -0.39 is 15.8 Å². The summed E-state index contributed by atoms with van der Waals surface area (Å²) in [7, 11) is -2.50. The van der Waals surface area contributed by atoms with Crippen LogP contribution in [0, 0.1) is 5.82 Å². The van der Waals surface area contributed by atoms with Crippen LogP contribution < -0.4 is 9.62 Å². The Morgan fingerprint density at radius 1 is 1.19 bits per heavy atom. The van der Waals surface area contributed by atoms with E-state index in [9.17, 15) is 17.6 Å². The maximum Gasteiger partial charge on any atom is 0.264 e. The number of nitrogens with zero attached hydrogens (tertiary/aromatic N) is 1. The van der Waals surface area contributed by atoms with Crippen LogP contribution in [-0.2, 0) is 14.8 Å². The average Bonchev–Trinajstić information content (AvgIpc) is 2.67. The number of hydrogen-bond donors (Lipinski definition) is 1. The van der Waals surface area contributed by atoms with Gasteiger partial charge in [0.05, 0.1) is 10.6 Å². The van der Waals surface area contributed by atoms with Crippen LogP contribution >= 0.6 is 0 Å². The van der Waals surface area contributed by atoms with E-state index in [0.29, 0.717) is 31.9 Å². The first-order chi connectivity index (χ1) is 12.9. The normalized spacial score (nSPS) is 11.2. The number of nitrogens with one attached hydrogen (secondary N) is 1. The van der Waals surface area contributed by atoms with Gasteiger partial charge < -0.3 is 10.1 Å². The third-order valence-electron chi connectivity index (χ3n) is 3.90. The summed E-state index contributed by atoms with van der Waals surface area (Å²) in [5.41, 5.74) is 0.571. The number of carbonyl (C=O) groups excluding carboxylic acids is 1. The van der Waals surface area contributed by atoms with Crippen molar-refractivity contribution >= 4 is 21.6 Å². The lowest BCUT2D eigenvalue weighted by molar-refractivity contribution is 0.0944. The van der Waals surface area contributed by atoms with E-state index in [1.807, 2.05) is 6.92 Å². The van der Waals surface area contributed by atoms with Gasteiger partial charge in [-0.3, -0.25) is 9.10 Å². The summed E-state index contributed by atoms with van der Waals surface area (Å²) < 4.78 is 44.9. The molecule has 1 amide bonds. The zero-order chi connectivity index (χ0) is 19.9. The minimum atomic E-state index is -3.88. The molecule has 0 aromatic heterocycles. The van der Waals surface area contributed by atoms with Crippen molar-refractivity contribution in [1.82, 2.24) is 5.32 Å². The van der Waals surface area contributed by atoms with Crippen molar-refractivity contribution in [2.75, 3.05) is 31.1 Å². The molecule has 0 aliphatic rings. The van der Waals surface area contributed by atoms with Crippen LogP contribution in [0.1, 0.15) is 23.7 Å². The molecule has 0 aliphatic carbocycles. The molecule has 0 atom stereocenters. The number of halogens is 1. The largest absolute Gasteiger partial charge is 0.382 e. The van der Waals surface area contributed by atoms with Gasteiger partial charge in [-0.05, 0) is 55.8 Å². The first-order valence-corrected chi connectivity index (χ1v) is 10.0. The van der Waals surface area contributed by atoms with Gasteiger partial charge in [0.15, 0.2) is 0 Å². The third kappa shape index (κ3) is 5.51. The highest BCUT2D eigenvalue weighted by Crippen LogP contribution is 2.22. The van der Waals surface area contributed by atoms with Crippen molar-refractivity contribution in [1.29, 1.82) is 0 Å². The van der Waals surface area contributed by atoms with Crippen LogP contribution in [0.3, 0.4) is 0 Å². The molecule has 0 bridgehead atoms. The number of ether oxygens (including phenoxy) is 1. The van der Waals surface area contributed by atoms with Gasteiger partial charge in [-0.2, -0.15) is 0 Å². The molecule has 0 fully saturated rings. The minimum Gasteiger partial charge on any atom is -0.382 e. The van der Waals surface area contributed by atoms with Gasteiger partial charge in [0, 0.05) is 32.4 Å². The lowest BCUT2D eigenvalue weighted by Gasteiger charge is -2.19. The fourth-order valence-electron chi connectivity index (χ4n) is 2.37. The second-order valence-corrected chi connectivity index (χ2v) is 7.75. The van der Waals surface area contributed by atoms with Gasteiger partial charge in [-0.15, -0.1) is 0 Å². The number of carbonyl (C=O) groups is 1. The number of rotatable bonds is 9. The predicted octanol–water partition coefficient (Wildman–Crippen LogP) is 2.81. The van der Waals surface area contributed by atoms with Gasteiger partial charge in [-0.1, -0.05) is 6.07 Å². The van der Waals surface area contributed by atoms with Gasteiger partial charge in [0.2, 0.25) is 0 Å². The summed E-state index contributed by atoms with van der Waals surface area (Å²) >= 11 is 0. The lowest BCUT2D eigenvalue weighted by Crippen LogP contribution is -2.28. The summed E-state index contributed by atoms with van der Waals surface area (Å²) in [6.45, 7) is 3.50. The van der Waals surface area contributed by atoms with E-state index in [1.54, 1.807) is 6.07 Å². The quantitative estimate of drug-likeness (QED) is 0.664. The number of hydrogen-bond acceptors (Lipinski definition) is 4. The van der Waals surface area contributed by atoms with E-state index in [-0.39, 0.29) is 16.4 Å². The van der Waals surface area contributed by atoms with Crippen molar-refractivity contribution in [2.24, 2.45) is 0 Å². The van der Waals surface area contributed by atoms with E-state index in [2.05, 4.69) is 5.32 Å². The molecule has 2 aromatic rings. The van der Waals surface area contributed by atoms with Gasteiger partial charge in [0.25, 0.3) is 15.9 Å². The highest BCUT2D eigenvalue weighted by atomic mass is 32.2. The predicted molar refractivity (Wildman–Crippen MR) is 102 cm³/mol. The SMILES string of the molecule is CCOCCCNC(=O)c1cccc(S(=O)(=O)N(C)c2ccc(F)cc2)c1. The molecule has 0 saturated heterocycles. The second-order valence-electron chi connectivity index (χ2n) is 5.78. The molecule has 8 heteroatoms. The van der Waals surface area contributed by atoms with E-state index in [4.69, 9.17) is 4.74 Å². The average molecular weight is 394 g/mol. The van der Waals surface area contributed by atoms with Crippen LogP contribution in [0.5, 0.6) is 0 Å². The van der Waals surface area contributed by atoms with Crippen LogP contribution in [0.15, 0.2) is 53.4 Å². The molecular weight excluding hydrogens is 371 g/mol. The number of anilines is 1. The van der Waals surface area contributed by atoms with Crippen molar-refractivity contribution in [3.63, 3.8) is 0 Å². The fraction of sp³-hybridized carbons (Fsp3) is 0.316. The molecule has 0 spiro atoms.